The summed E-state index contributed by atoms with van der Waals surface area (Å²) in [6.45, 7) is 4.34. The monoisotopic (exact) mass is 428 g/mol. The summed E-state index contributed by atoms with van der Waals surface area (Å²) in [7, 11) is -2.13. The number of carbonyl (C=O) groups is 1. The van der Waals surface area contributed by atoms with E-state index in [-0.39, 0.29) is 16.6 Å². The first-order valence-electron chi connectivity index (χ1n) is 8.50. The van der Waals surface area contributed by atoms with Gasteiger partial charge in [0.15, 0.2) is 0 Å². The minimum absolute atomic E-state index is 0.133. The highest BCUT2D eigenvalue weighted by atomic mass is 32.2. The average molecular weight is 429 g/mol. The Balaban J connectivity index is 2.11. The topological polar surface area (TPSA) is 75.7 Å². The number of thioether (sulfide) groups is 1. The van der Waals surface area contributed by atoms with Gasteiger partial charge in [0.1, 0.15) is 5.75 Å². The molecule has 1 aromatic carbocycles. The molecule has 0 aliphatic carbocycles. The first-order valence-corrected chi connectivity index (χ1v) is 12.0. The van der Waals surface area contributed by atoms with Gasteiger partial charge in [-0.3, -0.25) is 4.79 Å². The van der Waals surface area contributed by atoms with Crippen LogP contribution in [-0.2, 0) is 20.6 Å². The number of nitrogens with one attached hydrogen (secondary N) is 1. The van der Waals surface area contributed by atoms with E-state index < -0.39 is 10.0 Å². The number of rotatable bonds is 10. The zero-order valence-corrected chi connectivity index (χ0v) is 18.0. The minimum atomic E-state index is -3.61. The molecule has 2 rings (SSSR count). The van der Waals surface area contributed by atoms with Gasteiger partial charge >= 0.3 is 0 Å². The van der Waals surface area contributed by atoms with Crippen LogP contribution in [0.1, 0.15) is 18.7 Å². The van der Waals surface area contributed by atoms with Crippen molar-refractivity contribution in [3.05, 3.63) is 40.6 Å². The number of amides is 1. The largest absolute Gasteiger partial charge is 0.495 e. The Bertz CT molecular complexity index is 847. The molecule has 0 atom stereocenters. The first kappa shape index (κ1) is 21.7. The highest BCUT2D eigenvalue weighted by Crippen LogP contribution is 2.29. The highest BCUT2D eigenvalue weighted by Gasteiger charge is 2.23. The summed E-state index contributed by atoms with van der Waals surface area (Å²) in [5, 5.41) is 4.77. The molecule has 1 heterocycles. The van der Waals surface area contributed by atoms with Crippen molar-refractivity contribution in [1.82, 2.24) is 4.31 Å². The van der Waals surface area contributed by atoms with Crippen LogP contribution in [0.4, 0.5) is 5.69 Å². The van der Waals surface area contributed by atoms with E-state index in [1.807, 2.05) is 17.5 Å². The van der Waals surface area contributed by atoms with Crippen LogP contribution in [0.25, 0.3) is 0 Å². The summed E-state index contributed by atoms with van der Waals surface area (Å²) < 4.78 is 32.0. The van der Waals surface area contributed by atoms with Crippen molar-refractivity contribution in [3.8, 4) is 5.75 Å². The van der Waals surface area contributed by atoms with Crippen molar-refractivity contribution in [2.75, 3.05) is 31.3 Å². The lowest BCUT2D eigenvalue weighted by Gasteiger charge is -2.19. The summed E-state index contributed by atoms with van der Waals surface area (Å²) in [5.74, 6) is 1.25. The number of anilines is 1. The second-order valence-electron chi connectivity index (χ2n) is 5.57. The molecule has 0 fully saturated rings. The van der Waals surface area contributed by atoms with E-state index >= 15 is 0 Å². The second-order valence-corrected chi connectivity index (χ2v) is 9.53. The molecule has 0 saturated carbocycles. The quantitative estimate of drug-likeness (QED) is 0.625. The second kappa shape index (κ2) is 10.1. The Hall–Kier alpha value is -1.55. The van der Waals surface area contributed by atoms with E-state index in [0.717, 1.165) is 5.75 Å². The van der Waals surface area contributed by atoms with Gasteiger partial charge in [-0.15, -0.1) is 23.1 Å². The zero-order valence-electron chi connectivity index (χ0n) is 15.6. The summed E-state index contributed by atoms with van der Waals surface area (Å²) in [5.41, 5.74) is 0.354. The molecule has 0 aliphatic rings. The molecule has 6 nitrogen and oxygen atoms in total. The zero-order chi connectivity index (χ0) is 19.9. The van der Waals surface area contributed by atoms with Crippen molar-refractivity contribution in [2.45, 2.75) is 24.5 Å². The maximum atomic E-state index is 12.7. The number of methoxy groups -OCH3 is 1. The van der Waals surface area contributed by atoms with Gasteiger partial charge in [-0.1, -0.05) is 19.9 Å². The number of carbonyl (C=O) groups excluding carboxylic acids is 1. The van der Waals surface area contributed by atoms with E-state index in [2.05, 4.69) is 5.32 Å². The molecule has 2 aromatic rings. The number of benzene rings is 1. The van der Waals surface area contributed by atoms with E-state index in [9.17, 15) is 13.2 Å². The summed E-state index contributed by atoms with van der Waals surface area (Å²) >= 11 is 3.16. The summed E-state index contributed by atoms with van der Waals surface area (Å²) in [6.07, 6.45) is 0. The predicted molar refractivity (Wildman–Crippen MR) is 112 cm³/mol. The van der Waals surface area contributed by atoms with Crippen LogP contribution in [0.5, 0.6) is 5.75 Å². The number of thiophene rings is 1. The lowest BCUT2D eigenvalue weighted by Crippen LogP contribution is -2.30. The molecular formula is C18H24N2O4S3. The lowest BCUT2D eigenvalue weighted by atomic mass is 10.3. The van der Waals surface area contributed by atoms with Crippen LogP contribution in [-0.4, -0.2) is 44.6 Å². The molecule has 0 aliphatic heterocycles. The molecule has 0 radical (unpaired) electrons. The molecule has 1 aromatic heterocycles. The van der Waals surface area contributed by atoms with Crippen LogP contribution < -0.4 is 10.1 Å². The van der Waals surface area contributed by atoms with Crippen molar-refractivity contribution >= 4 is 44.7 Å². The van der Waals surface area contributed by atoms with Gasteiger partial charge in [0.2, 0.25) is 15.9 Å². The maximum absolute atomic E-state index is 12.7. The Kier molecular flexibility index (Phi) is 8.15. The van der Waals surface area contributed by atoms with Crippen LogP contribution in [0.15, 0.2) is 40.6 Å². The molecule has 0 bridgehead atoms. The molecule has 9 heteroatoms. The van der Waals surface area contributed by atoms with Gasteiger partial charge in [0.05, 0.1) is 23.4 Å². The third kappa shape index (κ3) is 5.71. The van der Waals surface area contributed by atoms with Crippen molar-refractivity contribution in [2.24, 2.45) is 0 Å². The fraction of sp³-hybridized carbons (Fsp3) is 0.389. The highest BCUT2D eigenvalue weighted by molar-refractivity contribution is 7.99. The number of hydrogen-bond acceptors (Lipinski definition) is 6. The SMILES string of the molecule is CCN(CC)S(=O)(=O)c1ccc(OC)c(NC(=O)CSCc2cccs2)c1. The van der Waals surface area contributed by atoms with Gasteiger partial charge in [-0.05, 0) is 29.6 Å². The van der Waals surface area contributed by atoms with Gasteiger partial charge in [0, 0.05) is 23.7 Å². The van der Waals surface area contributed by atoms with E-state index in [4.69, 9.17) is 4.74 Å². The molecule has 1 N–H and O–H groups in total. The molecule has 0 spiro atoms. The fourth-order valence-corrected chi connectivity index (χ4v) is 5.64. The van der Waals surface area contributed by atoms with E-state index in [1.165, 1.54) is 40.2 Å². The third-order valence-electron chi connectivity index (χ3n) is 3.85. The Morgan fingerprint density at radius 3 is 2.59 bits per heavy atom. The van der Waals surface area contributed by atoms with E-state index in [1.54, 1.807) is 31.3 Å². The average Bonchev–Trinajstić information content (AvgIpc) is 3.16. The maximum Gasteiger partial charge on any atom is 0.243 e. The predicted octanol–water partition coefficient (Wildman–Crippen LogP) is 3.66. The van der Waals surface area contributed by atoms with Crippen molar-refractivity contribution < 1.29 is 17.9 Å². The Labute approximate surface area is 169 Å². The van der Waals surface area contributed by atoms with Gasteiger partial charge < -0.3 is 10.1 Å². The van der Waals surface area contributed by atoms with Gasteiger partial charge in [-0.2, -0.15) is 4.31 Å². The first-order chi connectivity index (χ1) is 12.9. The fourth-order valence-electron chi connectivity index (χ4n) is 2.48. The van der Waals surface area contributed by atoms with Crippen LogP contribution in [0.2, 0.25) is 0 Å². The molecular weight excluding hydrogens is 404 g/mol. The Morgan fingerprint density at radius 1 is 1.26 bits per heavy atom. The molecule has 27 heavy (non-hydrogen) atoms. The molecule has 0 saturated heterocycles. The number of nitrogens with zero attached hydrogens (tertiary/aromatic N) is 1. The summed E-state index contributed by atoms with van der Waals surface area (Å²) in [6, 6.07) is 8.51. The number of sulfonamides is 1. The van der Waals surface area contributed by atoms with Crippen LogP contribution in [0.3, 0.4) is 0 Å². The lowest BCUT2D eigenvalue weighted by molar-refractivity contribution is -0.113. The molecule has 1 amide bonds. The summed E-state index contributed by atoms with van der Waals surface area (Å²) in [4.78, 5) is 13.6. The van der Waals surface area contributed by atoms with Crippen molar-refractivity contribution in [3.63, 3.8) is 0 Å². The van der Waals surface area contributed by atoms with Gasteiger partial charge in [0.25, 0.3) is 0 Å². The minimum Gasteiger partial charge on any atom is -0.495 e. The normalized spacial score (nSPS) is 11.6. The molecule has 148 valence electrons. The van der Waals surface area contributed by atoms with Crippen LogP contribution >= 0.6 is 23.1 Å². The smallest absolute Gasteiger partial charge is 0.243 e. The number of hydrogen-bond donors (Lipinski definition) is 1. The Morgan fingerprint density at radius 2 is 2.00 bits per heavy atom. The van der Waals surface area contributed by atoms with E-state index in [0.29, 0.717) is 24.5 Å². The van der Waals surface area contributed by atoms with Crippen molar-refractivity contribution in [1.29, 1.82) is 0 Å². The van der Waals surface area contributed by atoms with Gasteiger partial charge in [-0.25, -0.2) is 8.42 Å². The third-order valence-corrected chi connectivity index (χ3v) is 7.93. The number of ether oxygens (including phenoxy) is 1. The molecule has 0 unspecified atom stereocenters. The van der Waals surface area contributed by atoms with Crippen LogP contribution in [0, 0.1) is 0 Å². The standard InChI is InChI=1S/C18H24N2O4S3/c1-4-20(5-2)27(22,23)15-8-9-17(24-3)16(11-15)19-18(21)13-25-12-14-7-6-10-26-14/h6-11H,4-5,12-13H2,1-3H3,(H,19,21).